The smallest absolute Gasteiger partial charge is 0.338 e. The molecule has 2 rings (SSSR count). The number of aryl methyl sites for hydroxylation is 1. The van der Waals surface area contributed by atoms with Crippen LogP contribution in [-0.4, -0.2) is 24.4 Å². The first-order valence-electron chi connectivity index (χ1n) is 7.46. The van der Waals surface area contributed by atoms with Crippen molar-refractivity contribution in [1.82, 2.24) is 0 Å². The van der Waals surface area contributed by atoms with Crippen molar-refractivity contribution in [3.05, 3.63) is 59.4 Å². The third kappa shape index (κ3) is 5.42. The molecule has 0 aliphatic rings. The van der Waals surface area contributed by atoms with E-state index in [1.165, 1.54) is 37.3 Å². The second-order valence-electron chi connectivity index (χ2n) is 5.34. The molecule has 0 fully saturated rings. The molecule has 6 nitrogen and oxygen atoms in total. The number of hydrogen-bond donors (Lipinski definition) is 2. The Labute approximate surface area is 144 Å². The van der Waals surface area contributed by atoms with Crippen LogP contribution in [0.4, 0.5) is 15.8 Å². The predicted molar refractivity (Wildman–Crippen MR) is 90.8 cm³/mol. The molecule has 0 spiro atoms. The zero-order valence-corrected chi connectivity index (χ0v) is 13.8. The molecule has 0 heterocycles. The van der Waals surface area contributed by atoms with Gasteiger partial charge in [0, 0.05) is 18.3 Å². The van der Waals surface area contributed by atoms with E-state index in [1.54, 1.807) is 19.1 Å². The number of ether oxygens (including phenoxy) is 1. The number of carbonyl (C=O) groups excluding carboxylic acids is 3. The monoisotopic (exact) mass is 344 g/mol. The summed E-state index contributed by atoms with van der Waals surface area (Å²) in [5.41, 5.74) is 1.79. The zero-order valence-electron chi connectivity index (χ0n) is 13.8. The first-order valence-corrected chi connectivity index (χ1v) is 7.46. The molecule has 0 aliphatic heterocycles. The Kier molecular flexibility index (Phi) is 5.84. The van der Waals surface area contributed by atoms with Gasteiger partial charge in [0.1, 0.15) is 5.82 Å². The molecule has 0 atom stereocenters. The Morgan fingerprint density at radius 3 is 2.36 bits per heavy atom. The summed E-state index contributed by atoms with van der Waals surface area (Å²) in [6.07, 6.45) is 0. The SMILES string of the molecule is CC(=O)Nc1ccc(C(=O)OCC(=O)Nc2cc(F)ccc2C)cc1. The van der Waals surface area contributed by atoms with Gasteiger partial charge in [-0.2, -0.15) is 0 Å². The number of carbonyl (C=O) groups is 3. The topological polar surface area (TPSA) is 84.5 Å². The van der Waals surface area contributed by atoms with Crippen LogP contribution in [0.15, 0.2) is 42.5 Å². The zero-order chi connectivity index (χ0) is 18.4. The summed E-state index contributed by atoms with van der Waals surface area (Å²) in [5.74, 6) is -1.95. The number of amides is 2. The van der Waals surface area contributed by atoms with Crippen LogP contribution in [0, 0.1) is 12.7 Å². The fourth-order valence-electron chi connectivity index (χ4n) is 2.02. The van der Waals surface area contributed by atoms with Crippen molar-refractivity contribution in [2.45, 2.75) is 13.8 Å². The highest BCUT2D eigenvalue weighted by Crippen LogP contribution is 2.16. The molecular weight excluding hydrogens is 327 g/mol. The third-order valence-corrected chi connectivity index (χ3v) is 3.25. The van der Waals surface area contributed by atoms with Crippen molar-refractivity contribution >= 4 is 29.2 Å². The van der Waals surface area contributed by atoms with E-state index in [4.69, 9.17) is 4.74 Å². The minimum Gasteiger partial charge on any atom is -0.452 e. The average Bonchev–Trinajstić information content (AvgIpc) is 2.56. The summed E-state index contributed by atoms with van der Waals surface area (Å²) in [6.45, 7) is 2.60. The highest BCUT2D eigenvalue weighted by atomic mass is 19.1. The lowest BCUT2D eigenvalue weighted by molar-refractivity contribution is -0.119. The van der Waals surface area contributed by atoms with Gasteiger partial charge in [0.25, 0.3) is 5.91 Å². The number of anilines is 2. The summed E-state index contributed by atoms with van der Waals surface area (Å²) in [6, 6.07) is 10.1. The van der Waals surface area contributed by atoms with E-state index < -0.39 is 24.3 Å². The Balaban J connectivity index is 1.89. The van der Waals surface area contributed by atoms with Crippen molar-refractivity contribution in [1.29, 1.82) is 0 Å². The summed E-state index contributed by atoms with van der Waals surface area (Å²) in [7, 11) is 0. The van der Waals surface area contributed by atoms with Gasteiger partial charge in [0.2, 0.25) is 5.91 Å². The molecule has 0 saturated carbocycles. The van der Waals surface area contributed by atoms with E-state index in [0.717, 1.165) is 0 Å². The van der Waals surface area contributed by atoms with Crippen LogP contribution in [0.25, 0.3) is 0 Å². The fraction of sp³-hybridized carbons (Fsp3) is 0.167. The predicted octanol–water partition coefficient (Wildman–Crippen LogP) is 2.89. The maximum atomic E-state index is 13.2. The van der Waals surface area contributed by atoms with E-state index in [-0.39, 0.29) is 11.5 Å². The summed E-state index contributed by atoms with van der Waals surface area (Å²) < 4.78 is 18.1. The highest BCUT2D eigenvalue weighted by molar-refractivity contribution is 5.96. The number of nitrogens with one attached hydrogen (secondary N) is 2. The second kappa shape index (κ2) is 8.05. The van der Waals surface area contributed by atoms with Crippen molar-refractivity contribution < 1.29 is 23.5 Å². The largest absolute Gasteiger partial charge is 0.452 e. The van der Waals surface area contributed by atoms with Gasteiger partial charge in [-0.05, 0) is 48.9 Å². The molecular formula is C18H17FN2O4. The van der Waals surface area contributed by atoms with Crippen LogP contribution >= 0.6 is 0 Å². The lowest BCUT2D eigenvalue weighted by atomic mass is 10.2. The van der Waals surface area contributed by atoms with Gasteiger partial charge in [0.05, 0.1) is 5.56 Å². The van der Waals surface area contributed by atoms with Gasteiger partial charge in [-0.3, -0.25) is 9.59 Å². The van der Waals surface area contributed by atoms with Crippen molar-refractivity contribution in [2.75, 3.05) is 17.2 Å². The quantitative estimate of drug-likeness (QED) is 0.817. The Bertz CT molecular complexity index is 803. The van der Waals surface area contributed by atoms with Crippen molar-refractivity contribution in [3.8, 4) is 0 Å². The van der Waals surface area contributed by atoms with Crippen LogP contribution in [0.3, 0.4) is 0 Å². The Morgan fingerprint density at radius 1 is 1.04 bits per heavy atom. The van der Waals surface area contributed by atoms with Gasteiger partial charge < -0.3 is 15.4 Å². The number of halogens is 1. The average molecular weight is 344 g/mol. The van der Waals surface area contributed by atoms with Gasteiger partial charge in [0.15, 0.2) is 6.61 Å². The summed E-state index contributed by atoms with van der Waals surface area (Å²) in [5, 5.41) is 5.06. The van der Waals surface area contributed by atoms with Crippen LogP contribution in [0.2, 0.25) is 0 Å². The number of hydrogen-bond acceptors (Lipinski definition) is 4. The molecule has 0 bridgehead atoms. The van der Waals surface area contributed by atoms with E-state index >= 15 is 0 Å². The number of rotatable bonds is 5. The minimum absolute atomic E-state index is 0.223. The molecule has 0 aliphatic carbocycles. The van der Waals surface area contributed by atoms with Gasteiger partial charge >= 0.3 is 5.97 Å². The normalized spacial score (nSPS) is 10.0. The summed E-state index contributed by atoms with van der Waals surface area (Å²) in [4.78, 5) is 34.7. The van der Waals surface area contributed by atoms with Crippen LogP contribution in [0.5, 0.6) is 0 Å². The van der Waals surface area contributed by atoms with Crippen LogP contribution in [0.1, 0.15) is 22.8 Å². The van der Waals surface area contributed by atoms with Crippen molar-refractivity contribution in [2.24, 2.45) is 0 Å². The maximum Gasteiger partial charge on any atom is 0.338 e. The van der Waals surface area contributed by atoms with Gasteiger partial charge in [-0.1, -0.05) is 6.07 Å². The standard InChI is InChI=1S/C18H17FN2O4/c1-11-3-6-14(19)9-16(11)21-17(23)10-25-18(24)13-4-7-15(8-5-13)20-12(2)22/h3-9H,10H2,1-2H3,(H,20,22)(H,21,23). The first-order chi connectivity index (χ1) is 11.8. The molecule has 0 radical (unpaired) electrons. The molecule has 2 N–H and O–H groups in total. The maximum absolute atomic E-state index is 13.2. The van der Waals surface area contributed by atoms with E-state index in [0.29, 0.717) is 16.9 Å². The van der Waals surface area contributed by atoms with E-state index in [9.17, 15) is 18.8 Å². The fourth-order valence-corrected chi connectivity index (χ4v) is 2.02. The number of benzene rings is 2. The van der Waals surface area contributed by atoms with E-state index in [1.807, 2.05) is 0 Å². The molecule has 7 heteroatoms. The molecule has 2 aromatic rings. The molecule has 130 valence electrons. The second-order valence-corrected chi connectivity index (χ2v) is 5.34. The van der Waals surface area contributed by atoms with Gasteiger partial charge in [-0.25, -0.2) is 9.18 Å². The molecule has 25 heavy (non-hydrogen) atoms. The van der Waals surface area contributed by atoms with Crippen LogP contribution in [-0.2, 0) is 14.3 Å². The molecule has 0 aromatic heterocycles. The third-order valence-electron chi connectivity index (χ3n) is 3.25. The highest BCUT2D eigenvalue weighted by Gasteiger charge is 2.11. The van der Waals surface area contributed by atoms with E-state index in [2.05, 4.69) is 10.6 Å². The van der Waals surface area contributed by atoms with Gasteiger partial charge in [-0.15, -0.1) is 0 Å². The minimum atomic E-state index is -0.680. The Morgan fingerprint density at radius 2 is 1.72 bits per heavy atom. The number of esters is 1. The molecule has 2 aromatic carbocycles. The van der Waals surface area contributed by atoms with Crippen molar-refractivity contribution in [3.63, 3.8) is 0 Å². The molecule has 2 amide bonds. The lowest BCUT2D eigenvalue weighted by Gasteiger charge is -2.09. The first kappa shape index (κ1) is 18.1. The molecule has 0 unspecified atom stereocenters. The summed E-state index contributed by atoms with van der Waals surface area (Å²) >= 11 is 0. The lowest BCUT2D eigenvalue weighted by Crippen LogP contribution is -2.21. The molecule has 0 saturated heterocycles. The Hall–Kier alpha value is -3.22. The van der Waals surface area contributed by atoms with Crippen LogP contribution < -0.4 is 10.6 Å².